The molecule has 0 spiro atoms. The van der Waals surface area contributed by atoms with Crippen molar-refractivity contribution in [3.05, 3.63) is 52.8 Å². The van der Waals surface area contributed by atoms with Crippen LogP contribution in [0.2, 0.25) is 0 Å². The minimum absolute atomic E-state index is 0.0545. The van der Waals surface area contributed by atoms with Gasteiger partial charge in [0, 0.05) is 29.1 Å². The number of nitrogens with zero attached hydrogens (tertiary/aromatic N) is 2. The van der Waals surface area contributed by atoms with Crippen molar-refractivity contribution in [1.29, 1.82) is 0 Å². The molecule has 122 valence electrons. The molecule has 0 aliphatic heterocycles. The second-order valence-corrected chi connectivity index (χ2v) is 6.08. The predicted octanol–water partition coefficient (Wildman–Crippen LogP) is 3.23. The van der Waals surface area contributed by atoms with Crippen LogP contribution in [-0.2, 0) is 6.54 Å². The quantitative estimate of drug-likeness (QED) is 0.657. The summed E-state index contributed by atoms with van der Waals surface area (Å²) in [6.45, 7) is 9.44. The van der Waals surface area contributed by atoms with Gasteiger partial charge in [-0.05, 0) is 44.0 Å². The van der Waals surface area contributed by atoms with E-state index in [-0.39, 0.29) is 11.7 Å². The molecule has 2 rings (SSSR count). The van der Waals surface area contributed by atoms with Crippen molar-refractivity contribution in [3.63, 3.8) is 0 Å². The summed E-state index contributed by atoms with van der Waals surface area (Å²) in [6, 6.07) is 8.22. The fourth-order valence-electron chi connectivity index (χ4n) is 2.48. The molecule has 0 saturated heterocycles. The smallest absolute Gasteiger partial charge is 0.271 e. The molecule has 1 aromatic carbocycles. The molecule has 1 aromatic heterocycles. The van der Waals surface area contributed by atoms with Gasteiger partial charge in [0.2, 0.25) is 0 Å². The lowest BCUT2D eigenvalue weighted by molar-refractivity contribution is 0.0954. The third-order valence-electron chi connectivity index (χ3n) is 3.64. The molecule has 0 bridgehead atoms. The topological polar surface area (TPSA) is 66.6 Å². The highest BCUT2D eigenvalue weighted by molar-refractivity contribution is 5.95. The van der Waals surface area contributed by atoms with E-state index in [0.29, 0.717) is 11.5 Å². The SMILES string of the molecule is Cc1cc(/C=N\NC(=O)c2cccc(O)c2)c(C)n1CC(C)C. The summed E-state index contributed by atoms with van der Waals surface area (Å²) in [6.07, 6.45) is 1.65. The number of aromatic nitrogens is 1. The van der Waals surface area contributed by atoms with E-state index in [9.17, 15) is 9.90 Å². The average molecular weight is 313 g/mol. The highest BCUT2D eigenvalue weighted by Gasteiger charge is 2.09. The van der Waals surface area contributed by atoms with E-state index in [1.165, 1.54) is 17.8 Å². The molecule has 0 aliphatic rings. The Balaban J connectivity index is 2.08. The van der Waals surface area contributed by atoms with Gasteiger partial charge in [0.15, 0.2) is 0 Å². The van der Waals surface area contributed by atoms with Gasteiger partial charge in [0.05, 0.1) is 6.21 Å². The fraction of sp³-hybridized carbons (Fsp3) is 0.333. The van der Waals surface area contributed by atoms with Gasteiger partial charge in [0.25, 0.3) is 5.91 Å². The minimum atomic E-state index is -0.354. The third-order valence-corrected chi connectivity index (χ3v) is 3.64. The highest BCUT2D eigenvalue weighted by Crippen LogP contribution is 2.15. The van der Waals surface area contributed by atoms with Gasteiger partial charge in [-0.15, -0.1) is 0 Å². The van der Waals surface area contributed by atoms with Crippen LogP contribution in [0, 0.1) is 19.8 Å². The summed E-state index contributed by atoms with van der Waals surface area (Å²) in [5, 5.41) is 13.4. The Bertz CT molecular complexity index is 730. The Hall–Kier alpha value is -2.56. The zero-order chi connectivity index (χ0) is 17.0. The summed E-state index contributed by atoms with van der Waals surface area (Å²) in [5.74, 6) is 0.266. The van der Waals surface area contributed by atoms with Crippen LogP contribution in [0.1, 0.15) is 41.2 Å². The van der Waals surface area contributed by atoms with E-state index in [0.717, 1.165) is 17.8 Å². The van der Waals surface area contributed by atoms with Crippen molar-refractivity contribution in [1.82, 2.24) is 9.99 Å². The number of hydrazone groups is 1. The number of rotatable bonds is 5. The molecule has 1 heterocycles. The van der Waals surface area contributed by atoms with E-state index < -0.39 is 0 Å². The zero-order valence-electron chi connectivity index (χ0n) is 14.0. The second-order valence-electron chi connectivity index (χ2n) is 6.08. The first-order chi connectivity index (χ1) is 10.9. The van der Waals surface area contributed by atoms with E-state index in [4.69, 9.17) is 0 Å². The fourth-order valence-corrected chi connectivity index (χ4v) is 2.48. The lowest BCUT2D eigenvalue weighted by Gasteiger charge is -2.11. The van der Waals surface area contributed by atoms with Crippen LogP contribution in [0.15, 0.2) is 35.4 Å². The van der Waals surface area contributed by atoms with E-state index in [1.54, 1.807) is 18.3 Å². The summed E-state index contributed by atoms with van der Waals surface area (Å²) in [4.78, 5) is 11.9. The number of aryl methyl sites for hydroxylation is 1. The lowest BCUT2D eigenvalue weighted by Crippen LogP contribution is -2.17. The van der Waals surface area contributed by atoms with Gasteiger partial charge < -0.3 is 9.67 Å². The molecular weight excluding hydrogens is 290 g/mol. The Labute approximate surface area is 136 Å². The molecule has 5 nitrogen and oxygen atoms in total. The first-order valence-electron chi connectivity index (χ1n) is 7.67. The Kier molecular flexibility index (Phi) is 5.21. The summed E-state index contributed by atoms with van der Waals surface area (Å²) in [5.41, 5.74) is 6.14. The highest BCUT2D eigenvalue weighted by atomic mass is 16.3. The van der Waals surface area contributed by atoms with E-state index in [1.807, 2.05) is 6.92 Å². The number of aromatic hydroxyl groups is 1. The van der Waals surface area contributed by atoms with Crippen molar-refractivity contribution in [2.24, 2.45) is 11.0 Å². The second kappa shape index (κ2) is 7.13. The molecular formula is C18H23N3O2. The lowest BCUT2D eigenvalue weighted by atomic mass is 10.2. The summed E-state index contributed by atoms with van der Waals surface area (Å²) in [7, 11) is 0. The maximum absolute atomic E-state index is 11.9. The standard InChI is InChI=1S/C18H23N3O2/c1-12(2)11-21-13(3)8-16(14(21)4)10-19-20-18(23)15-6-5-7-17(22)9-15/h5-10,12,22H,11H2,1-4H3,(H,20,23)/b19-10-. The van der Waals surface area contributed by atoms with Gasteiger partial charge in [-0.1, -0.05) is 19.9 Å². The van der Waals surface area contributed by atoms with Crippen molar-refractivity contribution >= 4 is 12.1 Å². The molecule has 0 fully saturated rings. The molecule has 5 heteroatoms. The largest absolute Gasteiger partial charge is 0.508 e. The van der Waals surface area contributed by atoms with Crippen LogP contribution >= 0.6 is 0 Å². The molecule has 0 atom stereocenters. The number of carbonyl (C=O) groups excluding carboxylic acids is 1. The molecule has 0 unspecified atom stereocenters. The molecule has 2 aromatic rings. The molecule has 1 amide bonds. The van der Waals surface area contributed by atoms with E-state index >= 15 is 0 Å². The van der Waals surface area contributed by atoms with Gasteiger partial charge in [0.1, 0.15) is 5.75 Å². The maximum atomic E-state index is 11.9. The van der Waals surface area contributed by atoms with Crippen molar-refractivity contribution < 1.29 is 9.90 Å². The van der Waals surface area contributed by atoms with Crippen molar-refractivity contribution in [3.8, 4) is 5.75 Å². The van der Waals surface area contributed by atoms with Crippen LogP contribution in [0.25, 0.3) is 0 Å². The number of amides is 1. The van der Waals surface area contributed by atoms with Crippen molar-refractivity contribution in [2.75, 3.05) is 0 Å². The minimum Gasteiger partial charge on any atom is -0.508 e. The van der Waals surface area contributed by atoms with Crippen molar-refractivity contribution in [2.45, 2.75) is 34.2 Å². The molecule has 0 radical (unpaired) electrons. The average Bonchev–Trinajstić information content (AvgIpc) is 2.74. The molecule has 2 N–H and O–H groups in total. The normalized spacial score (nSPS) is 11.3. The van der Waals surface area contributed by atoms with Gasteiger partial charge >= 0.3 is 0 Å². The molecule has 0 aliphatic carbocycles. The monoisotopic (exact) mass is 313 g/mol. The van der Waals surface area contributed by atoms with Gasteiger partial charge in [-0.25, -0.2) is 5.43 Å². The summed E-state index contributed by atoms with van der Waals surface area (Å²) >= 11 is 0. The van der Waals surface area contributed by atoms with Crippen LogP contribution in [0.4, 0.5) is 0 Å². The molecule has 0 saturated carbocycles. The first kappa shape index (κ1) is 16.8. The number of phenolic OH excluding ortho intramolecular Hbond substituents is 1. The van der Waals surface area contributed by atoms with Crippen LogP contribution in [0.5, 0.6) is 5.75 Å². The van der Waals surface area contributed by atoms with E-state index in [2.05, 4.69) is 41.9 Å². The molecule has 23 heavy (non-hydrogen) atoms. The number of phenols is 1. The predicted molar refractivity (Wildman–Crippen MR) is 91.9 cm³/mol. The third kappa shape index (κ3) is 4.22. The van der Waals surface area contributed by atoms with Crippen LogP contribution < -0.4 is 5.43 Å². The zero-order valence-corrected chi connectivity index (χ0v) is 14.0. The number of hydrogen-bond donors (Lipinski definition) is 2. The Morgan fingerprint density at radius 1 is 1.35 bits per heavy atom. The maximum Gasteiger partial charge on any atom is 0.271 e. The van der Waals surface area contributed by atoms with Gasteiger partial charge in [-0.3, -0.25) is 4.79 Å². The number of hydrogen-bond acceptors (Lipinski definition) is 3. The Morgan fingerprint density at radius 3 is 2.74 bits per heavy atom. The summed E-state index contributed by atoms with van der Waals surface area (Å²) < 4.78 is 2.25. The van der Waals surface area contributed by atoms with Crippen LogP contribution in [-0.4, -0.2) is 21.8 Å². The first-order valence-corrected chi connectivity index (χ1v) is 7.67. The van der Waals surface area contributed by atoms with Gasteiger partial charge in [-0.2, -0.15) is 5.10 Å². The van der Waals surface area contributed by atoms with Crippen LogP contribution in [0.3, 0.4) is 0 Å². The number of benzene rings is 1. The number of nitrogens with one attached hydrogen (secondary N) is 1. The number of carbonyl (C=O) groups is 1. The Morgan fingerprint density at radius 2 is 2.09 bits per heavy atom.